The minimum absolute atomic E-state index is 0.181. The molecule has 7 nitrogen and oxygen atoms in total. The van der Waals surface area contributed by atoms with Crippen LogP contribution >= 0.6 is 0 Å². The highest BCUT2D eigenvalue weighted by Crippen LogP contribution is 2.36. The van der Waals surface area contributed by atoms with Gasteiger partial charge in [0.2, 0.25) is 5.78 Å². The predicted octanol–water partition coefficient (Wildman–Crippen LogP) is 3.26. The number of hydrogen-bond acceptors (Lipinski definition) is 7. The largest absolute Gasteiger partial charge is 0.493 e. The molecule has 0 unspecified atom stereocenters. The Morgan fingerprint density at radius 1 is 1.04 bits per heavy atom. The minimum Gasteiger partial charge on any atom is -0.493 e. The maximum atomic E-state index is 12.6. The second kappa shape index (κ2) is 8.04. The average molecular weight is 384 g/mol. The summed E-state index contributed by atoms with van der Waals surface area (Å²) in [7, 11) is 4.38. The first-order chi connectivity index (χ1) is 13.5. The molecule has 0 N–H and O–H groups in total. The van der Waals surface area contributed by atoms with Gasteiger partial charge in [-0.15, -0.1) is 0 Å². The van der Waals surface area contributed by atoms with Crippen LogP contribution in [0.25, 0.3) is 6.08 Å². The van der Waals surface area contributed by atoms with Crippen LogP contribution < -0.4 is 18.9 Å². The molecule has 1 aliphatic heterocycles. The number of allylic oxidation sites excluding steroid dienone is 1. The monoisotopic (exact) mass is 384 g/mol. The molecule has 146 valence electrons. The van der Waals surface area contributed by atoms with Crippen molar-refractivity contribution in [3.05, 3.63) is 53.3 Å². The zero-order valence-corrected chi connectivity index (χ0v) is 16.0. The van der Waals surface area contributed by atoms with Crippen LogP contribution in [0.1, 0.15) is 22.8 Å². The Balaban J connectivity index is 1.83. The van der Waals surface area contributed by atoms with Crippen molar-refractivity contribution in [2.45, 2.75) is 13.0 Å². The first-order valence-electron chi connectivity index (χ1n) is 8.51. The van der Waals surface area contributed by atoms with Gasteiger partial charge in [-0.05, 0) is 42.8 Å². The first-order valence-corrected chi connectivity index (χ1v) is 8.51. The molecule has 2 aromatic rings. The molecule has 0 spiro atoms. The number of carbonyl (C=O) groups is 2. The average Bonchev–Trinajstić information content (AvgIpc) is 3.01. The van der Waals surface area contributed by atoms with Gasteiger partial charge in [0, 0.05) is 6.07 Å². The third kappa shape index (κ3) is 3.78. The number of fused-ring (bicyclic) bond motifs is 1. The molecule has 0 radical (unpaired) electrons. The number of ether oxygens (including phenoxy) is 5. The Labute approximate surface area is 162 Å². The van der Waals surface area contributed by atoms with E-state index in [2.05, 4.69) is 4.74 Å². The van der Waals surface area contributed by atoms with Crippen molar-refractivity contribution < 1.29 is 33.3 Å². The third-order valence-corrected chi connectivity index (χ3v) is 4.19. The fraction of sp³-hybridized carbons (Fsp3) is 0.238. The van der Waals surface area contributed by atoms with Crippen LogP contribution in [-0.4, -0.2) is 39.2 Å². The van der Waals surface area contributed by atoms with Gasteiger partial charge in [0.1, 0.15) is 11.5 Å². The Hall–Kier alpha value is -3.48. The summed E-state index contributed by atoms with van der Waals surface area (Å²) in [5, 5.41) is 0. The van der Waals surface area contributed by atoms with Gasteiger partial charge in [0.05, 0.1) is 26.9 Å². The normalized spacial score (nSPS) is 14.9. The number of ketones is 1. The smallest absolute Gasteiger partial charge is 0.346 e. The van der Waals surface area contributed by atoms with Crippen molar-refractivity contribution in [3.8, 4) is 23.0 Å². The number of methoxy groups -OCH3 is 3. The fourth-order valence-electron chi connectivity index (χ4n) is 2.75. The van der Waals surface area contributed by atoms with Gasteiger partial charge in [-0.2, -0.15) is 0 Å². The van der Waals surface area contributed by atoms with Crippen LogP contribution in [0, 0.1) is 0 Å². The van der Waals surface area contributed by atoms with E-state index in [4.69, 9.17) is 18.9 Å². The second-order valence-corrected chi connectivity index (χ2v) is 6.00. The topological polar surface area (TPSA) is 80.3 Å². The lowest BCUT2D eigenvalue weighted by molar-refractivity contribution is -0.147. The molecule has 28 heavy (non-hydrogen) atoms. The van der Waals surface area contributed by atoms with Crippen LogP contribution in [0.5, 0.6) is 23.0 Å². The number of esters is 1. The first kappa shape index (κ1) is 19.3. The summed E-state index contributed by atoms with van der Waals surface area (Å²) < 4.78 is 26.4. The third-order valence-electron chi connectivity index (χ3n) is 4.19. The van der Waals surface area contributed by atoms with Crippen molar-refractivity contribution >= 4 is 17.8 Å². The SMILES string of the molecule is COC(=O)[C@H](C)Oc1ccc2c(c1)O/C(=C\c1ccc(OC)c(OC)c1)C2=O. The fourth-order valence-corrected chi connectivity index (χ4v) is 2.75. The molecule has 3 rings (SSSR count). The molecule has 0 aliphatic carbocycles. The summed E-state index contributed by atoms with van der Waals surface area (Å²) >= 11 is 0. The van der Waals surface area contributed by atoms with E-state index < -0.39 is 12.1 Å². The van der Waals surface area contributed by atoms with Crippen molar-refractivity contribution in [1.82, 2.24) is 0 Å². The lowest BCUT2D eigenvalue weighted by Crippen LogP contribution is -2.24. The second-order valence-electron chi connectivity index (χ2n) is 6.00. The van der Waals surface area contributed by atoms with Crippen LogP contribution in [0.3, 0.4) is 0 Å². The highest BCUT2D eigenvalue weighted by Gasteiger charge is 2.28. The summed E-state index contributed by atoms with van der Waals surface area (Å²) in [6, 6.07) is 10.1. The van der Waals surface area contributed by atoms with Crippen LogP contribution in [0.4, 0.5) is 0 Å². The van der Waals surface area contributed by atoms with Crippen molar-refractivity contribution in [1.29, 1.82) is 0 Å². The summed E-state index contributed by atoms with van der Waals surface area (Å²) in [5.74, 6) is 1.35. The molecule has 1 atom stereocenters. The highest BCUT2D eigenvalue weighted by atomic mass is 16.6. The Bertz CT molecular complexity index is 946. The molecular formula is C21H20O7. The molecule has 0 aromatic heterocycles. The molecule has 0 amide bonds. The molecule has 1 aliphatic rings. The highest BCUT2D eigenvalue weighted by molar-refractivity contribution is 6.14. The molecule has 0 fully saturated rings. The predicted molar refractivity (Wildman–Crippen MR) is 101 cm³/mol. The van der Waals surface area contributed by atoms with Crippen LogP contribution in [-0.2, 0) is 9.53 Å². The molecular weight excluding hydrogens is 364 g/mol. The van der Waals surface area contributed by atoms with Crippen molar-refractivity contribution in [2.75, 3.05) is 21.3 Å². The standard InChI is InChI=1S/C21H20O7/c1-12(21(23)26-4)27-14-6-7-15-17(11-14)28-19(20(15)22)10-13-5-8-16(24-2)18(9-13)25-3/h5-12H,1-4H3/b19-10-/t12-/m0/s1. The maximum Gasteiger partial charge on any atom is 0.346 e. The van der Waals surface area contributed by atoms with Crippen molar-refractivity contribution in [2.24, 2.45) is 0 Å². The van der Waals surface area contributed by atoms with E-state index in [0.29, 0.717) is 28.6 Å². The van der Waals surface area contributed by atoms with Gasteiger partial charge in [-0.25, -0.2) is 4.79 Å². The lowest BCUT2D eigenvalue weighted by atomic mass is 10.1. The lowest BCUT2D eigenvalue weighted by Gasteiger charge is -2.12. The Kier molecular flexibility index (Phi) is 5.54. The van der Waals surface area contributed by atoms with Gasteiger partial charge < -0.3 is 23.7 Å². The van der Waals surface area contributed by atoms with E-state index >= 15 is 0 Å². The summed E-state index contributed by atoms with van der Waals surface area (Å²) in [5.41, 5.74) is 1.15. The van der Waals surface area contributed by atoms with E-state index in [1.165, 1.54) is 7.11 Å². The quantitative estimate of drug-likeness (QED) is 0.559. The number of hydrogen-bond donors (Lipinski definition) is 0. The molecule has 0 saturated heterocycles. The summed E-state index contributed by atoms with van der Waals surface area (Å²) in [6.07, 6.45) is 0.851. The number of rotatable bonds is 6. The van der Waals surface area contributed by atoms with Crippen LogP contribution in [0.15, 0.2) is 42.2 Å². The van der Waals surface area contributed by atoms with Crippen molar-refractivity contribution in [3.63, 3.8) is 0 Å². The molecule has 1 heterocycles. The molecule has 7 heteroatoms. The summed E-state index contributed by atoms with van der Waals surface area (Å²) in [6.45, 7) is 1.58. The van der Waals surface area contributed by atoms with Gasteiger partial charge in [0.25, 0.3) is 0 Å². The van der Waals surface area contributed by atoms with E-state index in [-0.39, 0.29) is 11.5 Å². The number of carbonyl (C=O) groups excluding carboxylic acids is 2. The van der Waals surface area contributed by atoms with E-state index in [1.54, 1.807) is 63.6 Å². The molecule has 2 aromatic carbocycles. The van der Waals surface area contributed by atoms with Gasteiger partial charge >= 0.3 is 5.97 Å². The number of benzene rings is 2. The number of Topliss-reactive ketones (excluding diaryl/α,β-unsaturated/α-hetero) is 1. The van der Waals surface area contributed by atoms with E-state index in [9.17, 15) is 9.59 Å². The zero-order valence-electron chi connectivity index (χ0n) is 16.0. The summed E-state index contributed by atoms with van der Waals surface area (Å²) in [4.78, 5) is 24.1. The zero-order chi connectivity index (χ0) is 20.3. The van der Waals surface area contributed by atoms with E-state index in [1.807, 2.05) is 0 Å². The minimum atomic E-state index is -0.776. The van der Waals surface area contributed by atoms with Gasteiger partial charge in [-0.1, -0.05) is 6.07 Å². The van der Waals surface area contributed by atoms with Gasteiger partial charge in [-0.3, -0.25) is 4.79 Å². The molecule has 0 saturated carbocycles. The Morgan fingerprint density at radius 2 is 1.79 bits per heavy atom. The van der Waals surface area contributed by atoms with E-state index in [0.717, 1.165) is 5.56 Å². The van der Waals surface area contributed by atoms with Gasteiger partial charge in [0.15, 0.2) is 23.4 Å². The maximum absolute atomic E-state index is 12.6. The Morgan fingerprint density at radius 3 is 2.46 bits per heavy atom. The van der Waals surface area contributed by atoms with Crippen LogP contribution in [0.2, 0.25) is 0 Å². The molecule has 0 bridgehead atoms.